The van der Waals surface area contributed by atoms with E-state index >= 15 is 0 Å². The number of quaternary nitrogens is 1. The number of fused-ring (bicyclic) bond motifs is 2. The maximum absolute atomic E-state index is 12.6. The number of hydrogen-bond donors (Lipinski definition) is 3. The minimum absolute atomic E-state index is 0.211. The quantitative estimate of drug-likeness (QED) is 0.182. The van der Waals surface area contributed by atoms with Gasteiger partial charge in [0.25, 0.3) is 0 Å². The Morgan fingerprint density at radius 1 is 1.18 bits per heavy atom. The van der Waals surface area contributed by atoms with Gasteiger partial charge in [-0.2, -0.15) is 14.9 Å². The summed E-state index contributed by atoms with van der Waals surface area (Å²) in [6.07, 6.45) is 11.0. The molecule has 0 aromatic carbocycles. The highest BCUT2D eigenvalue weighted by Gasteiger charge is 2.32. The van der Waals surface area contributed by atoms with Crippen LogP contribution in [0.1, 0.15) is 39.0 Å². The van der Waals surface area contributed by atoms with E-state index in [1.807, 2.05) is 6.08 Å². The second-order valence-corrected chi connectivity index (χ2v) is 10.7. The molecule has 0 spiro atoms. The zero-order valence-corrected chi connectivity index (χ0v) is 23.5. The summed E-state index contributed by atoms with van der Waals surface area (Å²) in [7, 11) is 0. The molecule has 4 heterocycles. The van der Waals surface area contributed by atoms with Gasteiger partial charge in [-0.15, -0.1) is 0 Å². The molecule has 2 aliphatic heterocycles. The minimum Gasteiger partial charge on any atom is -0.463 e. The monoisotopic (exact) mass is 556 g/mol. The Morgan fingerprint density at radius 2 is 2.02 bits per heavy atom. The first-order valence-electron chi connectivity index (χ1n) is 14.5. The van der Waals surface area contributed by atoms with Gasteiger partial charge >= 0.3 is 11.7 Å². The molecule has 0 atom stereocenters. The average molecular weight is 557 g/mol. The Morgan fingerprint density at radius 3 is 2.88 bits per heavy atom. The number of hydrogen-bond acceptors (Lipinski definition) is 9. The number of nitrogens with one attached hydrogen (secondary N) is 2. The van der Waals surface area contributed by atoms with Crippen LogP contribution in [0, 0.1) is 0 Å². The number of H-pyrrole nitrogens is 1. The fraction of sp³-hybridized carbons (Fsp3) is 0.607. The van der Waals surface area contributed by atoms with Crippen molar-refractivity contribution in [3.63, 3.8) is 0 Å². The first-order valence-corrected chi connectivity index (χ1v) is 14.5. The maximum atomic E-state index is 12.6. The van der Waals surface area contributed by atoms with Gasteiger partial charge in [-0.1, -0.05) is 19.4 Å². The van der Waals surface area contributed by atoms with E-state index in [0.717, 1.165) is 94.8 Å². The van der Waals surface area contributed by atoms with Crippen LogP contribution in [0.2, 0.25) is 0 Å². The van der Waals surface area contributed by atoms with Crippen molar-refractivity contribution in [2.24, 2.45) is 0 Å². The normalized spacial score (nSPS) is 18.5. The second kappa shape index (κ2) is 13.4. The number of nitrogen functional groups attached to an aromatic ring is 1. The van der Waals surface area contributed by atoms with Gasteiger partial charge in [0, 0.05) is 31.5 Å². The summed E-state index contributed by atoms with van der Waals surface area (Å²) in [6.45, 7) is 11.2. The number of nitrogens with zero attached hydrogens (tertiary/aromatic N) is 4. The van der Waals surface area contributed by atoms with Crippen LogP contribution >= 0.6 is 0 Å². The predicted molar refractivity (Wildman–Crippen MR) is 152 cm³/mol. The van der Waals surface area contributed by atoms with E-state index in [1.54, 1.807) is 4.57 Å². The molecule has 1 fully saturated rings. The van der Waals surface area contributed by atoms with Gasteiger partial charge in [0.05, 0.1) is 26.4 Å². The Bertz CT molecular complexity index is 1310. The van der Waals surface area contributed by atoms with Crippen LogP contribution in [0.4, 0.5) is 5.82 Å². The van der Waals surface area contributed by atoms with Crippen LogP contribution < -0.4 is 21.5 Å². The summed E-state index contributed by atoms with van der Waals surface area (Å²) in [5.74, 6) is 1.06. The summed E-state index contributed by atoms with van der Waals surface area (Å²) in [5, 5.41) is 3.56. The molecule has 1 saturated heterocycles. The topological polar surface area (TPSA) is 139 Å². The molecule has 0 unspecified atom stereocenters. The third-order valence-corrected chi connectivity index (χ3v) is 7.79. The van der Waals surface area contributed by atoms with E-state index in [1.165, 1.54) is 11.1 Å². The molecular weight excluding hydrogens is 514 g/mol. The van der Waals surface area contributed by atoms with E-state index in [2.05, 4.69) is 39.3 Å². The fourth-order valence-corrected chi connectivity index (χ4v) is 5.55. The van der Waals surface area contributed by atoms with Gasteiger partial charge in [-0.05, 0) is 37.1 Å². The average Bonchev–Trinajstić information content (AvgIpc) is 3.28. The highest BCUT2D eigenvalue weighted by molar-refractivity contribution is 5.81. The van der Waals surface area contributed by atoms with Crippen molar-refractivity contribution >= 4 is 17.0 Å². The third kappa shape index (κ3) is 6.92. The Balaban J connectivity index is 1.09. The number of aromatic nitrogens is 4. The van der Waals surface area contributed by atoms with E-state index in [9.17, 15) is 4.79 Å². The lowest BCUT2D eigenvalue weighted by molar-refractivity contribution is -0.931. The summed E-state index contributed by atoms with van der Waals surface area (Å²) >= 11 is 0. The Hall–Kier alpha value is -3.19. The molecule has 0 amide bonds. The maximum Gasteiger partial charge on any atom is 0.327 e. The molecule has 12 nitrogen and oxygen atoms in total. The largest absolute Gasteiger partial charge is 0.463 e. The summed E-state index contributed by atoms with van der Waals surface area (Å²) in [6, 6.07) is 0.211. The van der Waals surface area contributed by atoms with Crippen molar-refractivity contribution < 1.29 is 23.7 Å². The molecule has 2 aromatic rings. The summed E-state index contributed by atoms with van der Waals surface area (Å²) in [5.41, 5.74) is 9.43. The van der Waals surface area contributed by atoms with Crippen LogP contribution in [0.15, 0.2) is 39.9 Å². The highest BCUT2D eigenvalue weighted by atomic mass is 17.2. The fourth-order valence-electron chi connectivity index (χ4n) is 5.55. The number of allylic oxidation sites excluding steroid dienone is 3. The van der Waals surface area contributed by atoms with E-state index in [4.69, 9.17) is 25.0 Å². The number of unbranched alkanes of at least 4 members (excludes halogenated alkanes) is 1. The second-order valence-electron chi connectivity index (χ2n) is 10.7. The van der Waals surface area contributed by atoms with E-state index in [-0.39, 0.29) is 17.5 Å². The lowest BCUT2D eigenvalue weighted by Gasteiger charge is -2.42. The number of imidazole rings is 1. The molecule has 218 valence electrons. The number of ether oxygens (including phenoxy) is 2. The molecular formula is C28H42N7O5+. The van der Waals surface area contributed by atoms with Crippen molar-refractivity contribution in [3.05, 3.63) is 45.6 Å². The summed E-state index contributed by atoms with van der Waals surface area (Å²) < 4.78 is 14.0. The third-order valence-electron chi connectivity index (χ3n) is 7.79. The number of rotatable bonds is 14. The molecule has 3 aliphatic rings. The van der Waals surface area contributed by atoms with Crippen molar-refractivity contribution in [2.45, 2.75) is 45.6 Å². The van der Waals surface area contributed by atoms with E-state index in [0.29, 0.717) is 30.9 Å². The molecule has 2 aromatic heterocycles. The van der Waals surface area contributed by atoms with Crippen LogP contribution in [0.25, 0.3) is 11.2 Å². The van der Waals surface area contributed by atoms with Gasteiger partial charge in [-0.3, -0.25) is 4.57 Å². The van der Waals surface area contributed by atoms with Gasteiger partial charge in [0.2, 0.25) is 0 Å². The minimum atomic E-state index is -0.234. The predicted octanol–water partition coefficient (Wildman–Crippen LogP) is 2.20. The number of anilines is 1. The smallest absolute Gasteiger partial charge is 0.327 e. The van der Waals surface area contributed by atoms with Crippen LogP contribution in [-0.4, -0.2) is 89.7 Å². The zero-order valence-electron chi connectivity index (χ0n) is 23.5. The number of nitrogens with two attached hydrogens (primary N) is 1. The standard InChI is InChI=1S/C28H41N7O5/c1-2-3-15-38-27-32-25(29)24-26(33-27)34(28(36)31-24)11-4-9-30-10-5-12-35(13-17-37-18-14-35)20-21-6-7-23-22(19-21)8-16-39-40-23/h6-8,30H,2-5,9-20H2,1H3,(H2-,29,31,32,33,36)/p+1. The molecule has 1 aliphatic carbocycles. The van der Waals surface area contributed by atoms with Gasteiger partial charge in [0.1, 0.15) is 31.8 Å². The molecule has 0 saturated carbocycles. The molecule has 0 radical (unpaired) electrons. The van der Waals surface area contributed by atoms with Gasteiger partial charge in [-0.25, -0.2) is 4.79 Å². The molecule has 40 heavy (non-hydrogen) atoms. The molecule has 12 heteroatoms. The van der Waals surface area contributed by atoms with Crippen LogP contribution in [-0.2, 0) is 21.1 Å². The van der Waals surface area contributed by atoms with Crippen molar-refractivity contribution in [3.8, 4) is 6.01 Å². The van der Waals surface area contributed by atoms with Crippen molar-refractivity contribution in [1.82, 2.24) is 24.8 Å². The SMILES string of the molecule is CCCCOc1nc(N)c2[nH]c(=O)n(CCCNCCC[N+]3(CC4=CC=C5OOCC=C5C4)CCOCC3)c2n1. The van der Waals surface area contributed by atoms with Gasteiger partial charge < -0.3 is 34.9 Å². The van der Waals surface area contributed by atoms with Crippen molar-refractivity contribution in [2.75, 3.05) is 71.4 Å². The lowest BCUT2D eigenvalue weighted by atomic mass is 9.96. The van der Waals surface area contributed by atoms with Crippen LogP contribution in [0.5, 0.6) is 6.01 Å². The number of aromatic amines is 1. The Kier molecular flexibility index (Phi) is 9.53. The summed E-state index contributed by atoms with van der Waals surface area (Å²) in [4.78, 5) is 34.4. The van der Waals surface area contributed by atoms with Crippen molar-refractivity contribution in [1.29, 1.82) is 0 Å². The lowest BCUT2D eigenvalue weighted by Crippen LogP contribution is -2.56. The van der Waals surface area contributed by atoms with Gasteiger partial charge in [0.15, 0.2) is 17.2 Å². The number of aryl methyl sites for hydroxylation is 1. The number of morpholine rings is 1. The highest BCUT2D eigenvalue weighted by Crippen LogP contribution is 2.30. The molecule has 0 bridgehead atoms. The van der Waals surface area contributed by atoms with Crippen LogP contribution in [0.3, 0.4) is 0 Å². The van der Waals surface area contributed by atoms with E-state index < -0.39 is 0 Å². The Labute approximate surface area is 234 Å². The first-order chi connectivity index (χ1) is 19.6. The first kappa shape index (κ1) is 28.3. The molecule has 4 N–H and O–H groups in total. The zero-order chi connectivity index (χ0) is 27.8. The molecule has 5 rings (SSSR count).